The number of rotatable bonds is 6. The van der Waals surface area contributed by atoms with Gasteiger partial charge in [0.25, 0.3) is 0 Å². The molecule has 0 bridgehead atoms. The first-order valence-electron chi connectivity index (χ1n) is 7.61. The normalized spacial score (nSPS) is 19.8. The van der Waals surface area contributed by atoms with Gasteiger partial charge in [-0.05, 0) is 37.4 Å². The van der Waals surface area contributed by atoms with Crippen LogP contribution in [-0.2, 0) is 4.74 Å². The molecule has 0 aliphatic heterocycles. The monoisotopic (exact) mass is 280 g/mol. The average Bonchev–Trinajstić information content (AvgIpc) is 2.48. The summed E-state index contributed by atoms with van der Waals surface area (Å²) in [6.07, 6.45) is 9.67. The first-order chi connectivity index (χ1) is 9.72. The van der Waals surface area contributed by atoms with Crippen LogP contribution in [0.5, 0.6) is 0 Å². The van der Waals surface area contributed by atoms with Crippen molar-refractivity contribution in [1.82, 2.24) is 10.3 Å². The molecule has 0 saturated heterocycles. The number of ether oxygens (including phenoxy) is 1. The number of nitrogens with zero attached hydrogens (tertiary/aromatic N) is 1. The summed E-state index contributed by atoms with van der Waals surface area (Å²) in [5.74, 6) is -0.284. The molecule has 1 aromatic heterocycles. The predicted octanol–water partition coefficient (Wildman–Crippen LogP) is 3.61. The molecule has 1 N–H and O–H groups in total. The van der Waals surface area contributed by atoms with Gasteiger partial charge in [-0.1, -0.05) is 26.2 Å². The Balaban J connectivity index is 2.29. The molecule has 1 unspecified atom stereocenters. The maximum atomic E-state index is 13.5. The molecule has 0 spiro atoms. The van der Waals surface area contributed by atoms with Crippen LogP contribution in [0.25, 0.3) is 0 Å². The fourth-order valence-corrected chi connectivity index (χ4v) is 3.24. The van der Waals surface area contributed by atoms with Crippen LogP contribution in [0, 0.1) is 5.82 Å². The maximum Gasteiger partial charge on any atom is 0.141 e. The van der Waals surface area contributed by atoms with E-state index in [4.69, 9.17) is 4.74 Å². The molecule has 1 fully saturated rings. The van der Waals surface area contributed by atoms with E-state index < -0.39 is 0 Å². The van der Waals surface area contributed by atoms with E-state index in [0.29, 0.717) is 0 Å². The molecule has 4 heteroatoms. The van der Waals surface area contributed by atoms with E-state index in [0.717, 1.165) is 31.4 Å². The average molecular weight is 280 g/mol. The predicted molar refractivity (Wildman–Crippen MR) is 78.1 cm³/mol. The Hall–Kier alpha value is -1.00. The zero-order valence-electron chi connectivity index (χ0n) is 12.5. The maximum absolute atomic E-state index is 13.5. The molecule has 0 amide bonds. The summed E-state index contributed by atoms with van der Waals surface area (Å²) in [7, 11) is 1.78. The van der Waals surface area contributed by atoms with Crippen LogP contribution in [0.4, 0.5) is 4.39 Å². The largest absolute Gasteiger partial charge is 0.376 e. The Morgan fingerprint density at radius 3 is 2.70 bits per heavy atom. The van der Waals surface area contributed by atoms with Crippen LogP contribution < -0.4 is 5.32 Å². The molecule has 20 heavy (non-hydrogen) atoms. The SMILES string of the molecule is CCCNC(c1cncc(F)c1)C1(OC)CCCCC1. The lowest BCUT2D eigenvalue weighted by Gasteiger charge is -2.43. The number of methoxy groups -OCH3 is 1. The number of halogens is 1. The van der Waals surface area contributed by atoms with Crippen molar-refractivity contribution in [2.24, 2.45) is 0 Å². The van der Waals surface area contributed by atoms with E-state index in [1.54, 1.807) is 19.4 Å². The lowest BCUT2D eigenvalue weighted by atomic mass is 9.77. The first kappa shape index (κ1) is 15.4. The van der Waals surface area contributed by atoms with Crippen LogP contribution >= 0.6 is 0 Å². The Bertz CT molecular complexity index is 419. The zero-order chi connectivity index (χ0) is 14.4. The Morgan fingerprint density at radius 2 is 2.10 bits per heavy atom. The van der Waals surface area contributed by atoms with Crippen molar-refractivity contribution >= 4 is 0 Å². The molecule has 112 valence electrons. The van der Waals surface area contributed by atoms with Gasteiger partial charge in [-0.3, -0.25) is 4.98 Å². The van der Waals surface area contributed by atoms with Crippen molar-refractivity contribution in [3.8, 4) is 0 Å². The first-order valence-corrected chi connectivity index (χ1v) is 7.61. The minimum absolute atomic E-state index is 0.0101. The molecule has 1 heterocycles. The minimum Gasteiger partial charge on any atom is -0.376 e. The molecule has 1 atom stereocenters. The highest BCUT2D eigenvalue weighted by atomic mass is 19.1. The molecule has 3 nitrogen and oxygen atoms in total. The third-order valence-corrected chi connectivity index (χ3v) is 4.29. The van der Waals surface area contributed by atoms with Crippen LogP contribution in [0.2, 0.25) is 0 Å². The summed E-state index contributed by atoms with van der Waals surface area (Å²) in [6, 6.07) is 1.59. The van der Waals surface area contributed by atoms with Crippen LogP contribution in [-0.4, -0.2) is 24.2 Å². The van der Waals surface area contributed by atoms with Crippen molar-refractivity contribution in [1.29, 1.82) is 0 Å². The number of nitrogens with one attached hydrogen (secondary N) is 1. The summed E-state index contributed by atoms with van der Waals surface area (Å²) < 4.78 is 19.4. The lowest BCUT2D eigenvalue weighted by molar-refractivity contribution is -0.0688. The number of hydrogen-bond donors (Lipinski definition) is 1. The molecule has 0 aromatic carbocycles. The summed E-state index contributed by atoms with van der Waals surface area (Å²) in [6.45, 7) is 3.03. The minimum atomic E-state index is -0.284. The smallest absolute Gasteiger partial charge is 0.141 e. The summed E-state index contributed by atoms with van der Waals surface area (Å²) >= 11 is 0. The topological polar surface area (TPSA) is 34.2 Å². The fraction of sp³-hybridized carbons (Fsp3) is 0.688. The van der Waals surface area contributed by atoms with Crippen molar-refractivity contribution in [3.63, 3.8) is 0 Å². The molecular weight excluding hydrogens is 255 g/mol. The second kappa shape index (κ2) is 7.14. The summed E-state index contributed by atoms with van der Waals surface area (Å²) in [5.41, 5.74) is 0.658. The molecule has 1 aromatic rings. The number of hydrogen-bond acceptors (Lipinski definition) is 3. The zero-order valence-corrected chi connectivity index (χ0v) is 12.5. The van der Waals surface area contributed by atoms with Gasteiger partial charge in [0.2, 0.25) is 0 Å². The van der Waals surface area contributed by atoms with E-state index in [1.807, 2.05) is 0 Å². The lowest BCUT2D eigenvalue weighted by Crippen LogP contribution is -2.47. The van der Waals surface area contributed by atoms with Gasteiger partial charge in [0.05, 0.1) is 17.8 Å². The van der Waals surface area contributed by atoms with Gasteiger partial charge in [-0.25, -0.2) is 4.39 Å². The molecule has 2 rings (SSSR count). The third-order valence-electron chi connectivity index (χ3n) is 4.29. The Morgan fingerprint density at radius 1 is 1.35 bits per heavy atom. The molecule has 1 aliphatic rings. The third kappa shape index (κ3) is 3.36. The van der Waals surface area contributed by atoms with E-state index in [2.05, 4.69) is 17.2 Å². The highest BCUT2D eigenvalue weighted by Gasteiger charge is 2.40. The van der Waals surface area contributed by atoms with E-state index in [-0.39, 0.29) is 17.5 Å². The molecule has 0 radical (unpaired) electrons. The molecule has 1 saturated carbocycles. The van der Waals surface area contributed by atoms with Crippen LogP contribution in [0.1, 0.15) is 57.1 Å². The fourth-order valence-electron chi connectivity index (χ4n) is 3.24. The number of aromatic nitrogens is 1. The molecule has 1 aliphatic carbocycles. The Kier molecular flexibility index (Phi) is 5.49. The van der Waals surface area contributed by atoms with Gasteiger partial charge in [0.1, 0.15) is 5.82 Å². The van der Waals surface area contributed by atoms with Gasteiger partial charge in [-0.2, -0.15) is 0 Å². The Labute approximate surface area is 120 Å². The van der Waals surface area contributed by atoms with E-state index in [9.17, 15) is 4.39 Å². The molecular formula is C16H25FN2O. The quantitative estimate of drug-likeness (QED) is 0.864. The highest BCUT2D eigenvalue weighted by molar-refractivity contribution is 5.20. The van der Waals surface area contributed by atoms with Gasteiger partial charge in [0.15, 0.2) is 0 Å². The summed E-state index contributed by atoms with van der Waals surface area (Å²) in [5, 5.41) is 3.54. The van der Waals surface area contributed by atoms with E-state index in [1.165, 1.54) is 25.5 Å². The van der Waals surface area contributed by atoms with Gasteiger partial charge >= 0.3 is 0 Å². The van der Waals surface area contributed by atoms with Crippen LogP contribution in [0.15, 0.2) is 18.5 Å². The van der Waals surface area contributed by atoms with Crippen molar-refractivity contribution < 1.29 is 9.13 Å². The van der Waals surface area contributed by atoms with E-state index >= 15 is 0 Å². The van der Waals surface area contributed by atoms with Crippen LogP contribution in [0.3, 0.4) is 0 Å². The highest BCUT2D eigenvalue weighted by Crippen LogP contribution is 2.41. The van der Waals surface area contributed by atoms with Crippen molar-refractivity contribution in [3.05, 3.63) is 29.8 Å². The second-order valence-corrected chi connectivity index (χ2v) is 5.65. The van der Waals surface area contributed by atoms with Gasteiger partial charge in [-0.15, -0.1) is 0 Å². The van der Waals surface area contributed by atoms with Crippen molar-refractivity contribution in [2.45, 2.75) is 57.1 Å². The standard InChI is InChI=1S/C16H25FN2O/c1-3-9-19-15(13-10-14(17)12-18-11-13)16(20-2)7-5-4-6-8-16/h10-12,15,19H,3-9H2,1-2H3. The van der Waals surface area contributed by atoms with Crippen molar-refractivity contribution in [2.75, 3.05) is 13.7 Å². The summed E-state index contributed by atoms with van der Waals surface area (Å²) in [4.78, 5) is 4.00. The van der Waals surface area contributed by atoms with Gasteiger partial charge < -0.3 is 10.1 Å². The second-order valence-electron chi connectivity index (χ2n) is 5.65. The number of pyridine rings is 1. The van der Waals surface area contributed by atoms with Gasteiger partial charge in [0, 0.05) is 13.3 Å².